The number of anilines is 1. The van der Waals surface area contributed by atoms with Crippen LogP contribution in [0.15, 0.2) is 51.5 Å². The Balaban J connectivity index is 1.83. The molecular weight excluding hydrogens is 452 g/mol. The molecule has 1 saturated heterocycles. The van der Waals surface area contributed by atoms with Crippen molar-refractivity contribution in [2.75, 3.05) is 38.0 Å². The van der Waals surface area contributed by atoms with Gasteiger partial charge >= 0.3 is 0 Å². The molecule has 0 saturated carbocycles. The van der Waals surface area contributed by atoms with E-state index in [1.165, 1.54) is 49.2 Å². The molecule has 1 aliphatic rings. The van der Waals surface area contributed by atoms with E-state index in [1.807, 2.05) is 0 Å². The molecule has 1 atom stereocenters. The quantitative estimate of drug-likeness (QED) is 0.300. The molecule has 1 aromatic carbocycles. The second-order valence-electron chi connectivity index (χ2n) is 7.40. The number of oxime groups is 1. The maximum absolute atomic E-state index is 13.0. The number of hydrogen-bond donors (Lipinski definition) is 1. The highest BCUT2D eigenvalue weighted by atomic mass is 32.2. The van der Waals surface area contributed by atoms with Crippen LogP contribution in [-0.4, -0.2) is 68.4 Å². The fourth-order valence-electron chi connectivity index (χ4n) is 3.02. The second-order valence-corrected chi connectivity index (χ2v) is 9.51. The van der Waals surface area contributed by atoms with E-state index in [4.69, 9.17) is 14.3 Å². The Labute approximate surface area is 191 Å². The fourth-order valence-corrected chi connectivity index (χ4v) is 4.30. The van der Waals surface area contributed by atoms with E-state index in [0.29, 0.717) is 38.2 Å². The average molecular weight is 479 g/mol. The summed E-state index contributed by atoms with van der Waals surface area (Å²) < 4.78 is 36.4. The number of benzene rings is 1. The zero-order valence-corrected chi connectivity index (χ0v) is 19.2. The lowest BCUT2D eigenvalue weighted by molar-refractivity contribution is -0.110. The van der Waals surface area contributed by atoms with Gasteiger partial charge in [-0.2, -0.15) is 0 Å². The molecule has 0 bridgehead atoms. The summed E-state index contributed by atoms with van der Waals surface area (Å²) >= 11 is 0. The van der Waals surface area contributed by atoms with Crippen LogP contribution < -0.4 is 10.9 Å². The molecule has 1 aromatic heterocycles. The van der Waals surface area contributed by atoms with Gasteiger partial charge in [-0.05, 0) is 18.6 Å². The topological polar surface area (TPSA) is 138 Å². The zero-order chi connectivity index (χ0) is 23.8. The number of nitrogens with zero attached hydrogens (tertiary/aromatic N) is 3. The van der Waals surface area contributed by atoms with Crippen LogP contribution >= 0.6 is 0 Å². The average Bonchev–Trinajstić information content (AvgIpc) is 3.30. The predicted molar refractivity (Wildman–Crippen MR) is 120 cm³/mol. The van der Waals surface area contributed by atoms with Gasteiger partial charge in [0, 0.05) is 38.9 Å². The molecule has 0 aliphatic carbocycles. The molecule has 2 aromatic rings. The Morgan fingerprint density at radius 1 is 1.33 bits per heavy atom. The van der Waals surface area contributed by atoms with Crippen LogP contribution in [0.3, 0.4) is 0 Å². The summed E-state index contributed by atoms with van der Waals surface area (Å²) in [7, 11) is -0.446. The van der Waals surface area contributed by atoms with Crippen molar-refractivity contribution in [2.45, 2.75) is 23.8 Å². The van der Waals surface area contributed by atoms with E-state index in [1.54, 1.807) is 0 Å². The Hall–Kier alpha value is -3.09. The Kier molecular flexibility index (Phi) is 8.31. The minimum atomic E-state index is -3.49. The van der Waals surface area contributed by atoms with Gasteiger partial charge in [0.25, 0.3) is 11.5 Å². The summed E-state index contributed by atoms with van der Waals surface area (Å²) in [5, 5.41) is 6.61. The van der Waals surface area contributed by atoms with Crippen molar-refractivity contribution in [1.82, 2.24) is 9.55 Å². The third-order valence-corrected chi connectivity index (χ3v) is 6.68. The molecule has 2 heterocycles. The number of carbonyl (C=O) groups excluding carboxylic acids is 1. The van der Waals surface area contributed by atoms with Crippen LogP contribution in [0.1, 0.15) is 18.4 Å². The van der Waals surface area contributed by atoms with E-state index in [2.05, 4.69) is 15.5 Å². The van der Waals surface area contributed by atoms with E-state index < -0.39 is 15.7 Å². The molecule has 0 radical (unpaired) electrons. The minimum Gasteiger partial charge on any atom is -0.389 e. The van der Waals surface area contributed by atoms with Crippen LogP contribution in [0, 0.1) is 0 Å². The van der Waals surface area contributed by atoms with Crippen LogP contribution in [-0.2, 0) is 36.0 Å². The predicted octanol–water partition coefficient (Wildman–Crippen LogP) is 0.739. The van der Waals surface area contributed by atoms with Crippen molar-refractivity contribution in [3.05, 3.63) is 52.6 Å². The smallest absolute Gasteiger partial charge is 0.279 e. The maximum atomic E-state index is 13.0. The first-order chi connectivity index (χ1) is 15.8. The highest BCUT2D eigenvalue weighted by molar-refractivity contribution is 7.91. The number of methoxy groups -OCH3 is 1. The van der Waals surface area contributed by atoms with Crippen LogP contribution in [0.5, 0.6) is 0 Å². The summed E-state index contributed by atoms with van der Waals surface area (Å²) in [6.07, 6.45) is 3.18. The number of amides is 1. The summed E-state index contributed by atoms with van der Waals surface area (Å²) in [5.74, 6) is -0.530. The normalized spacial score (nSPS) is 16.5. The number of carbonyl (C=O) groups is 1. The van der Waals surface area contributed by atoms with E-state index >= 15 is 0 Å². The highest BCUT2D eigenvalue weighted by Crippen LogP contribution is 2.16. The van der Waals surface area contributed by atoms with Gasteiger partial charge in [0.05, 0.1) is 30.1 Å². The highest BCUT2D eigenvalue weighted by Gasteiger charge is 2.22. The summed E-state index contributed by atoms with van der Waals surface area (Å²) in [4.78, 5) is 34.0. The van der Waals surface area contributed by atoms with Gasteiger partial charge in [0.1, 0.15) is 5.82 Å². The molecule has 3 rings (SSSR count). The maximum Gasteiger partial charge on any atom is 0.279 e. The molecule has 33 heavy (non-hydrogen) atoms. The molecular formula is C21H26N4O7S. The molecule has 1 fully saturated rings. The van der Waals surface area contributed by atoms with E-state index in [9.17, 15) is 18.0 Å². The number of rotatable bonds is 10. The number of hydrogen-bond acceptors (Lipinski definition) is 9. The minimum absolute atomic E-state index is 0.0508. The molecule has 0 unspecified atom stereocenters. The molecule has 1 aliphatic heterocycles. The largest absolute Gasteiger partial charge is 0.389 e. The van der Waals surface area contributed by atoms with Crippen molar-refractivity contribution >= 4 is 27.3 Å². The van der Waals surface area contributed by atoms with Crippen molar-refractivity contribution < 1.29 is 27.5 Å². The van der Waals surface area contributed by atoms with Gasteiger partial charge in [-0.15, -0.1) is 0 Å². The van der Waals surface area contributed by atoms with E-state index in [-0.39, 0.29) is 33.8 Å². The third-order valence-electron chi connectivity index (χ3n) is 4.86. The fraction of sp³-hybridized carbons (Fsp3) is 0.429. The van der Waals surface area contributed by atoms with Crippen molar-refractivity contribution in [3.63, 3.8) is 0 Å². The van der Waals surface area contributed by atoms with Gasteiger partial charge in [0.2, 0.25) is 0 Å². The first kappa shape index (κ1) is 24.6. The van der Waals surface area contributed by atoms with E-state index in [0.717, 1.165) is 6.20 Å². The first-order valence-corrected chi connectivity index (χ1v) is 11.9. The van der Waals surface area contributed by atoms with Gasteiger partial charge < -0.3 is 24.2 Å². The number of aromatic nitrogens is 2. The van der Waals surface area contributed by atoms with Gasteiger partial charge in [-0.25, -0.2) is 13.4 Å². The lowest BCUT2D eigenvalue weighted by Crippen LogP contribution is -2.27. The number of nitrogens with one attached hydrogen (secondary N) is 1. The summed E-state index contributed by atoms with van der Waals surface area (Å²) in [5.41, 5.74) is -0.0401. The molecule has 12 heteroatoms. The second kappa shape index (κ2) is 11.2. The van der Waals surface area contributed by atoms with Crippen molar-refractivity contribution in [3.8, 4) is 0 Å². The first-order valence-electron chi connectivity index (χ1n) is 10.3. The zero-order valence-electron chi connectivity index (χ0n) is 18.4. The van der Waals surface area contributed by atoms with Crippen LogP contribution in [0.4, 0.5) is 5.82 Å². The van der Waals surface area contributed by atoms with Crippen LogP contribution in [0.25, 0.3) is 0 Å². The lowest BCUT2D eigenvalue weighted by Gasteiger charge is -2.11. The monoisotopic (exact) mass is 478 g/mol. The Morgan fingerprint density at radius 3 is 2.73 bits per heavy atom. The third kappa shape index (κ3) is 6.70. The molecule has 11 nitrogen and oxygen atoms in total. The van der Waals surface area contributed by atoms with Gasteiger partial charge in [-0.1, -0.05) is 17.3 Å². The van der Waals surface area contributed by atoms with Gasteiger partial charge in [-0.3, -0.25) is 9.59 Å². The Morgan fingerprint density at radius 2 is 2.09 bits per heavy atom. The van der Waals surface area contributed by atoms with Crippen molar-refractivity contribution in [1.29, 1.82) is 0 Å². The van der Waals surface area contributed by atoms with Crippen LogP contribution in [0.2, 0.25) is 0 Å². The molecule has 0 spiro atoms. The lowest BCUT2D eigenvalue weighted by atomic mass is 10.1. The number of aryl methyl sites for hydroxylation is 1. The SMILES string of the molecule is COCCCS(=O)(=O)c1ccc(C(=NO[C@@H]2CCOC2)C(=O)Nc2cn(C)c(=O)cn2)cc1. The molecule has 1 amide bonds. The number of ether oxygens (including phenoxy) is 2. The van der Waals surface area contributed by atoms with Gasteiger partial charge in [0.15, 0.2) is 21.7 Å². The molecule has 178 valence electrons. The number of sulfone groups is 1. The Bertz CT molecular complexity index is 1150. The van der Waals surface area contributed by atoms with Crippen molar-refractivity contribution in [2.24, 2.45) is 12.2 Å². The summed E-state index contributed by atoms with van der Waals surface area (Å²) in [6, 6.07) is 5.82. The standard InChI is InChI=1S/C21H26N4O7S/c1-25-13-18(22-12-19(25)26)23-21(27)20(24-32-16-8-10-31-14-16)15-4-6-17(7-5-15)33(28,29)11-3-9-30-2/h4-7,12-13,16H,3,8-11,14H2,1-2H3,(H,23,27)/t16-/m1/s1. The summed E-state index contributed by atoms with van der Waals surface area (Å²) in [6.45, 7) is 1.24. The molecule has 1 N–H and O–H groups in total.